The quantitative estimate of drug-likeness (QED) is 0.871. The van der Waals surface area contributed by atoms with E-state index in [0.717, 1.165) is 5.56 Å². The van der Waals surface area contributed by atoms with Crippen molar-refractivity contribution in [3.05, 3.63) is 23.3 Å². The number of carbonyl (C=O) groups is 1. The van der Waals surface area contributed by atoms with Gasteiger partial charge in [-0.15, -0.1) is 0 Å². The first-order valence-electron chi connectivity index (χ1n) is 5.62. The number of nitrogens with two attached hydrogens (primary N) is 1. The van der Waals surface area contributed by atoms with E-state index in [1.54, 1.807) is 19.1 Å². The van der Waals surface area contributed by atoms with Crippen molar-refractivity contribution in [3.63, 3.8) is 0 Å². The van der Waals surface area contributed by atoms with Gasteiger partial charge in [0.1, 0.15) is 23.7 Å². The Kier molecular flexibility index (Phi) is 5.01. The molecule has 19 heavy (non-hydrogen) atoms. The molecule has 1 unspecified atom stereocenters. The maximum atomic E-state index is 10.7. The molecule has 0 saturated carbocycles. The highest BCUT2D eigenvalue weighted by atomic mass is 16.6. The van der Waals surface area contributed by atoms with Gasteiger partial charge in [-0.25, -0.2) is 4.79 Å². The fourth-order valence-corrected chi connectivity index (χ4v) is 1.76. The molecule has 2 N–H and O–H groups in total. The first-order valence-corrected chi connectivity index (χ1v) is 5.62. The number of carbonyl (C=O) groups excluding carboxylic acids is 1. The topological polar surface area (TPSA) is 94.6 Å². The summed E-state index contributed by atoms with van der Waals surface area (Å²) in [5.74, 6) is 0.988. The van der Waals surface area contributed by atoms with Gasteiger partial charge in [-0.05, 0) is 13.0 Å². The zero-order valence-corrected chi connectivity index (χ0v) is 11.1. The SMILES string of the molecule is COc1cc(CC(C)OC(N)=O)c(OC)cc1C#N. The fourth-order valence-electron chi connectivity index (χ4n) is 1.76. The van der Waals surface area contributed by atoms with E-state index in [2.05, 4.69) is 0 Å². The van der Waals surface area contributed by atoms with Crippen LogP contribution in [0.5, 0.6) is 11.5 Å². The van der Waals surface area contributed by atoms with E-state index in [-0.39, 0.29) is 0 Å². The van der Waals surface area contributed by atoms with Gasteiger partial charge in [0.15, 0.2) is 0 Å². The van der Waals surface area contributed by atoms with Gasteiger partial charge in [0.05, 0.1) is 19.8 Å². The molecule has 0 heterocycles. The van der Waals surface area contributed by atoms with Gasteiger partial charge in [0, 0.05) is 18.1 Å². The molecule has 6 heteroatoms. The Bertz CT molecular complexity index is 508. The Balaban J connectivity index is 3.05. The first kappa shape index (κ1) is 14.6. The minimum absolute atomic E-state index is 0.381. The second kappa shape index (κ2) is 6.50. The lowest BCUT2D eigenvalue weighted by atomic mass is 10.0. The zero-order chi connectivity index (χ0) is 14.4. The van der Waals surface area contributed by atoms with E-state index >= 15 is 0 Å². The number of rotatable bonds is 5. The van der Waals surface area contributed by atoms with Gasteiger partial charge in [0.2, 0.25) is 0 Å². The first-order chi connectivity index (χ1) is 9.01. The van der Waals surface area contributed by atoms with Gasteiger partial charge in [-0.1, -0.05) is 0 Å². The number of primary amides is 1. The van der Waals surface area contributed by atoms with E-state index < -0.39 is 12.2 Å². The van der Waals surface area contributed by atoms with Crippen LogP contribution in [-0.2, 0) is 11.2 Å². The van der Waals surface area contributed by atoms with Gasteiger partial charge in [-0.2, -0.15) is 5.26 Å². The van der Waals surface area contributed by atoms with E-state index in [1.165, 1.54) is 14.2 Å². The number of hydrogen-bond donors (Lipinski definition) is 1. The van der Waals surface area contributed by atoms with Crippen molar-refractivity contribution < 1.29 is 19.0 Å². The van der Waals surface area contributed by atoms with Crippen LogP contribution in [0.25, 0.3) is 0 Å². The van der Waals surface area contributed by atoms with Gasteiger partial charge in [0.25, 0.3) is 0 Å². The van der Waals surface area contributed by atoms with Crippen molar-refractivity contribution in [1.29, 1.82) is 5.26 Å². The average Bonchev–Trinajstić information content (AvgIpc) is 2.37. The number of hydrogen-bond acceptors (Lipinski definition) is 5. The standard InChI is InChI=1S/C13H16N2O4/c1-8(19-13(15)16)4-9-5-12(18-3)10(7-14)6-11(9)17-2/h5-6,8H,4H2,1-3H3,(H2,15,16). The van der Waals surface area contributed by atoms with Crippen LogP contribution in [0.3, 0.4) is 0 Å². The highest BCUT2D eigenvalue weighted by Gasteiger charge is 2.15. The van der Waals surface area contributed by atoms with Gasteiger partial charge >= 0.3 is 6.09 Å². The van der Waals surface area contributed by atoms with E-state index in [0.29, 0.717) is 23.5 Å². The molecule has 0 radical (unpaired) electrons. The predicted molar refractivity (Wildman–Crippen MR) is 68.1 cm³/mol. The van der Waals surface area contributed by atoms with E-state index in [1.807, 2.05) is 6.07 Å². The summed E-state index contributed by atoms with van der Waals surface area (Å²) in [6.07, 6.45) is -0.815. The summed E-state index contributed by atoms with van der Waals surface area (Å²) in [7, 11) is 2.99. The maximum absolute atomic E-state index is 10.7. The summed E-state index contributed by atoms with van der Waals surface area (Å²) < 4.78 is 15.2. The molecule has 1 aromatic rings. The molecular weight excluding hydrogens is 248 g/mol. The normalized spacial score (nSPS) is 11.3. The summed E-state index contributed by atoms with van der Waals surface area (Å²) in [6, 6.07) is 5.30. The Hall–Kier alpha value is -2.42. The number of nitrogens with zero attached hydrogens (tertiary/aromatic N) is 1. The Morgan fingerprint density at radius 3 is 2.47 bits per heavy atom. The number of nitriles is 1. The smallest absolute Gasteiger partial charge is 0.404 e. The second-order valence-electron chi connectivity index (χ2n) is 3.93. The average molecular weight is 264 g/mol. The summed E-state index contributed by atoms with van der Waals surface area (Å²) in [5.41, 5.74) is 6.11. The molecule has 0 fully saturated rings. The van der Waals surface area contributed by atoms with Gasteiger partial charge in [-0.3, -0.25) is 0 Å². The Labute approximate surface area is 111 Å². The second-order valence-corrected chi connectivity index (χ2v) is 3.93. The molecule has 102 valence electrons. The molecule has 0 bridgehead atoms. The van der Waals surface area contributed by atoms with E-state index in [4.69, 9.17) is 25.2 Å². The highest BCUT2D eigenvalue weighted by Crippen LogP contribution is 2.29. The Morgan fingerprint density at radius 2 is 2.00 bits per heavy atom. The van der Waals surface area contributed by atoms with Crippen molar-refractivity contribution in [2.45, 2.75) is 19.4 Å². The van der Waals surface area contributed by atoms with Crippen LogP contribution in [0.4, 0.5) is 4.79 Å². The minimum atomic E-state index is -0.827. The number of ether oxygens (including phenoxy) is 3. The molecule has 0 spiro atoms. The Morgan fingerprint density at radius 1 is 1.37 bits per heavy atom. The summed E-state index contributed by atoms with van der Waals surface area (Å²) in [4.78, 5) is 10.7. The predicted octanol–water partition coefficient (Wildman–Crippen LogP) is 1.60. The number of amides is 1. The molecule has 1 atom stereocenters. The van der Waals surface area contributed by atoms with Crippen LogP contribution >= 0.6 is 0 Å². The molecule has 0 aromatic heterocycles. The van der Waals surface area contributed by atoms with Crippen LogP contribution in [-0.4, -0.2) is 26.4 Å². The van der Waals surface area contributed by atoms with Crippen molar-refractivity contribution in [2.24, 2.45) is 5.73 Å². The lowest BCUT2D eigenvalue weighted by molar-refractivity contribution is 0.116. The van der Waals surface area contributed by atoms with Crippen LogP contribution in [0, 0.1) is 11.3 Å². The lowest BCUT2D eigenvalue weighted by Crippen LogP contribution is -2.22. The maximum Gasteiger partial charge on any atom is 0.404 e. The molecule has 1 rings (SSSR count). The molecule has 0 aliphatic heterocycles. The van der Waals surface area contributed by atoms with Crippen molar-refractivity contribution in [2.75, 3.05) is 14.2 Å². The molecule has 0 aliphatic rings. The monoisotopic (exact) mass is 264 g/mol. The number of benzene rings is 1. The lowest BCUT2D eigenvalue weighted by Gasteiger charge is -2.15. The molecule has 1 amide bonds. The van der Waals surface area contributed by atoms with Crippen molar-refractivity contribution in [1.82, 2.24) is 0 Å². The number of methoxy groups -OCH3 is 2. The van der Waals surface area contributed by atoms with Crippen LogP contribution in [0.2, 0.25) is 0 Å². The van der Waals surface area contributed by atoms with Crippen LogP contribution in [0.1, 0.15) is 18.1 Å². The highest BCUT2D eigenvalue weighted by molar-refractivity contribution is 5.64. The fraction of sp³-hybridized carbons (Fsp3) is 0.385. The molecule has 0 aliphatic carbocycles. The molecule has 0 saturated heterocycles. The van der Waals surface area contributed by atoms with Gasteiger partial charge < -0.3 is 19.9 Å². The third kappa shape index (κ3) is 3.78. The van der Waals surface area contributed by atoms with E-state index in [9.17, 15) is 4.79 Å². The molecular formula is C13H16N2O4. The minimum Gasteiger partial charge on any atom is -0.496 e. The van der Waals surface area contributed by atoms with Crippen molar-refractivity contribution in [3.8, 4) is 17.6 Å². The third-order valence-electron chi connectivity index (χ3n) is 2.55. The van der Waals surface area contributed by atoms with Crippen LogP contribution in [0.15, 0.2) is 12.1 Å². The molecule has 6 nitrogen and oxygen atoms in total. The van der Waals surface area contributed by atoms with Crippen molar-refractivity contribution >= 4 is 6.09 Å². The summed E-state index contributed by atoms with van der Waals surface area (Å²) >= 11 is 0. The third-order valence-corrected chi connectivity index (χ3v) is 2.55. The van der Waals surface area contributed by atoms with Crippen LogP contribution < -0.4 is 15.2 Å². The largest absolute Gasteiger partial charge is 0.496 e. The summed E-state index contributed by atoms with van der Waals surface area (Å²) in [6.45, 7) is 1.72. The zero-order valence-electron chi connectivity index (χ0n) is 11.1. The molecule has 1 aromatic carbocycles. The summed E-state index contributed by atoms with van der Waals surface area (Å²) in [5, 5.41) is 8.99.